The lowest BCUT2D eigenvalue weighted by atomic mass is 10.2. The monoisotopic (exact) mass is 285 g/mol. The molecule has 0 unspecified atom stereocenters. The van der Waals surface area contributed by atoms with Gasteiger partial charge in [-0.25, -0.2) is 5.84 Å². The summed E-state index contributed by atoms with van der Waals surface area (Å²) in [6.45, 7) is -0.205. The fourth-order valence-corrected chi connectivity index (χ4v) is 1.72. The average Bonchev–Trinajstić information content (AvgIpc) is 2.53. The predicted molar refractivity (Wildman–Crippen MR) is 78.7 cm³/mol. The number of para-hydroxylation sites is 2. The highest BCUT2D eigenvalue weighted by Gasteiger charge is 2.12. The molecule has 0 saturated carbocycles. The number of nitrogens with two attached hydrogens (primary N) is 1. The molecule has 0 heterocycles. The summed E-state index contributed by atoms with van der Waals surface area (Å²) in [5, 5.41) is 2.69. The Morgan fingerprint density at radius 3 is 2.38 bits per heavy atom. The van der Waals surface area contributed by atoms with Gasteiger partial charge in [-0.3, -0.25) is 15.0 Å². The van der Waals surface area contributed by atoms with Crippen molar-refractivity contribution in [3.05, 3.63) is 60.2 Å². The van der Waals surface area contributed by atoms with Crippen LogP contribution in [0.4, 0.5) is 5.69 Å². The third-order valence-corrected chi connectivity index (χ3v) is 2.68. The molecule has 2 aromatic carbocycles. The summed E-state index contributed by atoms with van der Waals surface area (Å²) < 4.78 is 5.37. The molecule has 0 radical (unpaired) electrons. The first-order chi connectivity index (χ1) is 10.2. The van der Waals surface area contributed by atoms with Gasteiger partial charge < -0.3 is 10.1 Å². The SMILES string of the molecule is NNC(=O)c1ccccc1OCC(=O)Nc1ccccc1. The number of nitrogens with one attached hydrogen (secondary N) is 2. The van der Waals surface area contributed by atoms with Crippen LogP contribution >= 0.6 is 0 Å². The third-order valence-electron chi connectivity index (χ3n) is 2.68. The van der Waals surface area contributed by atoms with Crippen LogP contribution in [0.3, 0.4) is 0 Å². The molecule has 4 N–H and O–H groups in total. The van der Waals surface area contributed by atoms with Crippen molar-refractivity contribution in [3.63, 3.8) is 0 Å². The molecule has 0 aliphatic rings. The van der Waals surface area contributed by atoms with Gasteiger partial charge in [-0.15, -0.1) is 0 Å². The van der Waals surface area contributed by atoms with E-state index >= 15 is 0 Å². The quantitative estimate of drug-likeness (QED) is 0.438. The van der Waals surface area contributed by atoms with Crippen molar-refractivity contribution < 1.29 is 14.3 Å². The Bertz CT molecular complexity index is 629. The summed E-state index contributed by atoms with van der Waals surface area (Å²) >= 11 is 0. The van der Waals surface area contributed by atoms with E-state index in [-0.39, 0.29) is 18.1 Å². The van der Waals surface area contributed by atoms with Crippen molar-refractivity contribution in [2.45, 2.75) is 0 Å². The molecular formula is C15H15N3O3. The Morgan fingerprint density at radius 2 is 1.67 bits per heavy atom. The molecule has 21 heavy (non-hydrogen) atoms. The van der Waals surface area contributed by atoms with Gasteiger partial charge in [0.05, 0.1) is 5.56 Å². The Hall–Kier alpha value is -2.86. The molecule has 2 amide bonds. The third kappa shape index (κ3) is 4.05. The molecule has 0 aliphatic carbocycles. The van der Waals surface area contributed by atoms with Crippen LogP contribution in [-0.4, -0.2) is 18.4 Å². The van der Waals surface area contributed by atoms with Gasteiger partial charge in [0.25, 0.3) is 11.8 Å². The Morgan fingerprint density at radius 1 is 1.00 bits per heavy atom. The lowest BCUT2D eigenvalue weighted by molar-refractivity contribution is -0.118. The summed E-state index contributed by atoms with van der Waals surface area (Å²) in [4.78, 5) is 23.3. The topological polar surface area (TPSA) is 93.4 Å². The highest BCUT2D eigenvalue weighted by Crippen LogP contribution is 2.17. The van der Waals surface area contributed by atoms with E-state index < -0.39 is 5.91 Å². The Kier molecular flexibility index (Phi) is 4.89. The van der Waals surface area contributed by atoms with E-state index in [4.69, 9.17) is 10.6 Å². The van der Waals surface area contributed by atoms with Crippen molar-refractivity contribution >= 4 is 17.5 Å². The van der Waals surface area contributed by atoms with E-state index in [9.17, 15) is 9.59 Å². The minimum atomic E-state index is -0.478. The predicted octanol–water partition coefficient (Wildman–Crippen LogP) is 1.31. The summed E-state index contributed by atoms with van der Waals surface area (Å²) in [6.07, 6.45) is 0. The number of anilines is 1. The van der Waals surface area contributed by atoms with E-state index in [1.54, 1.807) is 36.4 Å². The Balaban J connectivity index is 1.97. The number of hydrogen-bond donors (Lipinski definition) is 3. The van der Waals surface area contributed by atoms with Crippen LogP contribution in [0.15, 0.2) is 54.6 Å². The lowest BCUT2D eigenvalue weighted by Crippen LogP contribution is -2.30. The highest BCUT2D eigenvalue weighted by atomic mass is 16.5. The van der Waals surface area contributed by atoms with Crippen molar-refractivity contribution in [2.24, 2.45) is 5.84 Å². The summed E-state index contributed by atoms with van der Waals surface area (Å²) in [7, 11) is 0. The first kappa shape index (κ1) is 14.5. The van der Waals surface area contributed by atoms with Gasteiger partial charge in [0.1, 0.15) is 5.75 Å². The molecule has 0 saturated heterocycles. The van der Waals surface area contributed by atoms with Gasteiger partial charge in [-0.1, -0.05) is 30.3 Å². The molecule has 2 aromatic rings. The standard InChI is InChI=1S/C15H15N3O3/c16-18-15(20)12-8-4-5-9-13(12)21-10-14(19)17-11-6-2-1-3-7-11/h1-9H,10,16H2,(H,17,19)(H,18,20). The number of ether oxygens (including phenoxy) is 1. The number of amides is 2. The lowest BCUT2D eigenvalue weighted by Gasteiger charge is -2.10. The average molecular weight is 285 g/mol. The second kappa shape index (κ2) is 7.06. The molecule has 0 spiro atoms. The molecule has 0 fully saturated rings. The number of hydrogen-bond acceptors (Lipinski definition) is 4. The van der Waals surface area contributed by atoms with Gasteiger partial charge in [0, 0.05) is 5.69 Å². The zero-order valence-electron chi connectivity index (χ0n) is 11.2. The fourth-order valence-electron chi connectivity index (χ4n) is 1.72. The molecule has 2 rings (SSSR count). The van der Waals surface area contributed by atoms with Crippen LogP contribution in [0.2, 0.25) is 0 Å². The van der Waals surface area contributed by atoms with E-state index in [1.807, 2.05) is 23.6 Å². The van der Waals surface area contributed by atoms with Gasteiger partial charge in [-0.2, -0.15) is 0 Å². The van der Waals surface area contributed by atoms with Crippen LogP contribution in [0.5, 0.6) is 5.75 Å². The first-order valence-corrected chi connectivity index (χ1v) is 6.28. The number of hydrazine groups is 1. The van der Waals surface area contributed by atoms with Crippen molar-refractivity contribution in [1.29, 1.82) is 0 Å². The van der Waals surface area contributed by atoms with Crippen LogP contribution in [-0.2, 0) is 4.79 Å². The van der Waals surface area contributed by atoms with Crippen LogP contribution in [0.25, 0.3) is 0 Å². The Labute approximate surface area is 121 Å². The molecule has 6 heteroatoms. The maximum Gasteiger partial charge on any atom is 0.268 e. The molecule has 0 aromatic heterocycles. The summed E-state index contributed by atoms with van der Waals surface area (Å²) in [5.74, 6) is 4.60. The van der Waals surface area contributed by atoms with Crippen molar-refractivity contribution in [3.8, 4) is 5.75 Å². The number of rotatable bonds is 5. The second-order valence-electron chi connectivity index (χ2n) is 4.17. The summed E-state index contributed by atoms with van der Waals surface area (Å²) in [6, 6.07) is 15.6. The largest absolute Gasteiger partial charge is 0.483 e. The second-order valence-corrected chi connectivity index (χ2v) is 4.17. The molecule has 0 bridgehead atoms. The first-order valence-electron chi connectivity index (χ1n) is 6.28. The van der Waals surface area contributed by atoms with Gasteiger partial charge in [0.2, 0.25) is 0 Å². The number of carbonyl (C=O) groups is 2. The normalized spacial score (nSPS) is 9.76. The smallest absolute Gasteiger partial charge is 0.268 e. The minimum Gasteiger partial charge on any atom is -0.483 e. The van der Waals surface area contributed by atoms with E-state index in [0.717, 1.165) is 0 Å². The van der Waals surface area contributed by atoms with Gasteiger partial charge in [-0.05, 0) is 24.3 Å². The molecule has 6 nitrogen and oxygen atoms in total. The van der Waals surface area contributed by atoms with Crippen molar-refractivity contribution in [2.75, 3.05) is 11.9 Å². The van der Waals surface area contributed by atoms with E-state index in [1.165, 1.54) is 0 Å². The van der Waals surface area contributed by atoms with Crippen LogP contribution in [0, 0.1) is 0 Å². The van der Waals surface area contributed by atoms with E-state index in [0.29, 0.717) is 11.4 Å². The van der Waals surface area contributed by atoms with E-state index in [2.05, 4.69) is 5.32 Å². The van der Waals surface area contributed by atoms with Gasteiger partial charge >= 0.3 is 0 Å². The fraction of sp³-hybridized carbons (Fsp3) is 0.0667. The molecular weight excluding hydrogens is 270 g/mol. The van der Waals surface area contributed by atoms with Crippen molar-refractivity contribution in [1.82, 2.24) is 5.43 Å². The maximum absolute atomic E-state index is 11.8. The number of carbonyl (C=O) groups excluding carboxylic acids is 2. The highest BCUT2D eigenvalue weighted by molar-refractivity contribution is 5.97. The minimum absolute atomic E-state index is 0.205. The maximum atomic E-state index is 11.8. The zero-order chi connectivity index (χ0) is 15.1. The number of benzene rings is 2. The number of nitrogen functional groups attached to an aromatic ring is 1. The molecule has 0 atom stereocenters. The summed E-state index contributed by atoms with van der Waals surface area (Å²) in [5.41, 5.74) is 2.98. The van der Waals surface area contributed by atoms with Gasteiger partial charge in [0.15, 0.2) is 6.61 Å². The zero-order valence-corrected chi connectivity index (χ0v) is 11.2. The van der Waals surface area contributed by atoms with Crippen LogP contribution in [0.1, 0.15) is 10.4 Å². The van der Waals surface area contributed by atoms with Crippen LogP contribution < -0.4 is 21.3 Å². The molecule has 0 aliphatic heterocycles. The molecule has 108 valence electrons.